The maximum atomic E-state index is 12.9. The van der Waals surface area contributed by atoms with Gasteiger partial charge in [-0.1, -0.05) is 30.3 Å². The Balaban J connectivity index is 1.67. The Kier molecular flexibility index (Phi) is 5.55. The fraction of sp³-hybridized carbons (Fsp3) is 0.421. The van der Waals surface area contributed by atoms with Crippen molar-refractivity contribution >= 4 is 12.0 Å². The molecular formula is C19H24N4O3. The Labute approximate surface area is 152 Å². The van der Waals surface area contributed by atoms with E-state index in [1.54, 1.807) is 11.9 Å². The lowest BCUT2D eigenvalue weighted by atomic mass is 10.0. The number of amides is 2. The number of carbonyl (C=O) groups is 2. The van der Waals surface area contributed by atoms with Crippen molar-refractivity contribution in [3.8, 4) is 11.3 Å². The largest absolute Gasteiger partial charge is 0.453 e. The molecule has 1 aromatic carbocycles. The van der Waals surface area contributed by atoms with Crippen LogP contribution in [0.15, 0.2) is 36.4 Å². The summed E-state index contributed by atoms with van der Waals surface area (Å²) in [6, 6.07) is 11.3. The number of aromatic nitrogens is 2. The van der Waals surface area contributed by atoms with Gasteiger partial charge in [0.15, 0.2) is 0 Å². The molecule has 1 saturated heterocycles. The normalized spacial score (nSPS) is 17.0. The molecule has 2 amide bonds. The molecule has 0 saturated carbocycles. The summed E-state index contributed by atoms with van der Waals surface area (Å²) in [5, 5.41) is 7.31. The van der Waals surface area contributed by atoms with Crippen LogP contribution in [0.1, 0.15) is 25.0 Å². The molecule has 138 valence electrons. The number of rotatable bonds is 4. The number of nitrogens with zero attached hydrogens (tertiary/aromatic N) is 3. The predicted octanol–water partition coefficient (Wildman–Crippen LogP) is 2.66. The van der Waals surface area contributed by atoms with Crippen molar-refractivity contribution in [3.05, 3.63) is 42.1 Å². The minimum absolute atomic E-state index is 0.0778. The van der Waals surface area contributed by atoms with E-state index in [4.69, 9.17) is 4.74 Å². The van der Waals surface area contributed by atoms with Crippen LogP contribution in [0.4, 0.5) is 4.79 Å². The SMILES string of the molecule is COC(=O)N1CCCCC1C(=O)N(C)Cc1cc(-c2ccccc2)n[nH]1. The lowest BCUT2D eigenvalue weighted by molar-refractivity contribution is -0.136. The third-order valence-electron chi connectivity index (χ3n) is 4.68. The number of benzene rings is 1. The van der Waals surface area contributed by atoms with Gasteiger partial charge in [-0.3, -0.25) is 14.8 Å². The topological polar surface area (TPSA) is 78.5 Å². The van der Waals surface area contributed by atoms with Crippen molar-refractivity contribution in [2.75, 3.05) is 20.7 Å². The zero-order valence-electron chi connectivity index (χ0n) is 15.1. The Bertz CT molecular complexity index is 759. The maximum absolute atomic E-state index is 12.9. The smallest absolute Gasteiger partial charge is 0.410 e. The van der Waals surface area contributed by atoms with Gasteiger partial charge in [0, 0.05) is 19.2 Å². The van der Waals surface area contributed by atoms with Crippen LogP contribution in [-0.4, -0.2) is 58.7 Å². The number of carbonyl (C=O) groups excluding carboxylic acids is 2. The lowest BCUT2D eigenvalue weighted by Crippen LogP contribution is -2.52. The van der Waals surface area contributed by atoms with Gasteiger partial charge in [0.05, 0.1) is 25.0 Å². The third kappa shape index (κ3) is 3.87. The fourth-order valence-corrected chi connectivity index (χ4v) is 3.31. The number of H-pyrrole nitrogens is 1. The number of hydrogen-bond donors (Lipinski definition) is 1. The summed E-state index contributed by atoms with van der Waals surface area (Å²) in [4.78, 5) is 28.0. The maximum Gasteiger partial charge on any atom is 0.410 e. The Morgan fingerprint density at radius 2 is 2.08 bits per heavy atom. The van der Waals surface area contributed by atoms with Gasteiger partial charge in [-0.15, -0.1) is 0 Å². The average molecular weight is 356 g/mol. The highest BCUT2D eigenvalue weighted by molar-refractivity contribution is 5.85. The van der Waals surface area contributed by atoms with E-state index < -0.39 is 12.1 Å². The number of methoxy groups -OCH3 is 1. The molecule has 1 N–H and O–H groups in total. The van der Waals surface area contributed by atoms with E-state index >= 15 is 0 Å². The molecule has 7 heteroatoms. The highest BCUT2D eigenvalue weighted by Crippen LogP contribution is 2.21. The second-order valence-electron chi connectivity index (χ2n) is 6.51. The van der Waals surface area contributed by atoms with Crippen LogP contribution in [0.5, 0.6) is 0 Å². The van der Waals surface area contributed by atoms with Crippen molar-refractivity contribution in [2.45, 2.75) is 31.8 Å². The lowest BCUT2D eigenvalue weighted by Gasteiger charge is -2.35. The van der Waals surface area contributed by atoms with Crippen molar-refractivity contribution in [3.63, 3.8) is 0 Å². The molecule has 2 heterocycles. The molecule has 1 aromatic heterocycles. The van der Waals surface area contributed by atoms with E-state index in [1.807, 2.05) is 36.4 Å². The summed E-state index contributed by atoms with van der Waals surface area (Å²) in [6.45, 7) is 0.962. The molecule has 0 radical (unpaired) electrons. The Morgan fingerprint density at radius 1 is 1.31 bits per heavy atom. The predicted molar refractivity (Wildman–Crippen MR) is 97.2 cm³/mol. The highest BCUT2D eigenvalue weighted by atomic mass is 16.5. The van der Waals surface area contributed by atoms with Gasteiger partial charge in [0.1, 0.15) is 6.04 Å². The standard InChI is InChI=1S/C19H24N4O3/c1-22(18(24)17-10-6-7-11-23(17)19(25)26-2)13-15-12-16(21-20-15)14-8-4-3-5-9-14/h3-5,8-9,12,17H,6-7,10-11,13H2,1-2H3,(H,20,21). The molecule has 0 spiro atoms. The first kappa shape index (κ1) is 18.0. The monoisotopic (exact) mass is 356 g/mol. The van der Waals surface area contributed by atoms with Crippen LogP contribution < -0.4 is 0 Å². The molecular weight excluding hydrogens is 332 g/mol. The van der Waals surface area contributed by atoms with Gasteiger partial charge in [-0.05, 0) is 25.3 Å². The average Bonchev–Trinajstić information content (AvgIpc) is 3.16. The van der Waals surface area contributed by atoms with Gasteiger partial charge < -0.3 is 9.64 Å². The number of ether oxygens (including phenoxy) is 1. The van der Waals surface area contributed by atoms with Crippen LogP contribution in [0.3, 0.4) is 0 Å². The van der Waals surface area contributed by atoms with Crippen molar-refractivity contribution in [1.82, 2.24) is 20.0 Å². The summed E-state index contributed by atoms with van der Waals surface area (Å²) in [5.41, 5.74) is 2.71. The van der Waals surface area contributed by atoms with Crippen molar-refractivity contribution < 1.29 is 14.3 Å². The van der Waals surface area contributed by atoms with Crippen LogP contribution in [0.2, 0.25) is 0 Å². The summed E-state index contributed by atoms with van der Waals surface area (Å²) >= 11 is 0. The number of likely N-dealkylation sites (tertiary alicyclic amines) is 1. The van der Waals surface area contributed by atoms with Crippen LogP contribution in [-0.2, 0) is 16.1 Å². The first-order chi connectivity index (χ1) is 12.6. The highest BCUT2D eigenvalue weighted by Gasteiger charge is 2.34. The number of likely N-dealkylation sites (N-methyl/N-ethyl adjacent to an activating group) is 1. The second-order valence-corrected chi connectivity index (χ2v) is 6.51. The molecule has 0 bridgehead atoms. The molecule has 3 rings (SSSR count). The van der Waals surface area contributed by atoms with E-state index in [-0.39, 0.29) is 5.91 Å². The van der Waals surface area contributed by atoms with Gasteiger partial charge in [0.25, 0.3) is 0 Å². The first-order valence-corrected chi connectivity index (χ1v) is 8.79. The molecule has 1 unspecified atom stereocenters. The summed E-state index contributed by atoms with van der Waals surface area (Å²) in [5.74, 6) is -0.0778. The molecule has 1 fully saturated rings. The number of hydrogen-bond acceptors (Lipinski definition) is 4. The molecule has 26 heavy (non-hydrogen) atoms. The Hall–Kier alpha value is -2.83. The van der Waals surface area contributed by atoms with Crippen LogP contribution >= 0.6 is 0 Å². The van der Waals surface area contributed by atoms with Gasteiger partial charge in [0.2, 0.25) is 5.91 Å². The second kappa shape index (κ2) is 8.03. The van der Waals surface area contributed by atoms with Crippen LogP contribution in [0, 0.1) is 0 Å². The van der Waals surface area contributed by atoms with E-state index in [1.165, 1.54) is 12.0 Å². The minimum Gasteiger partial charge on any atom is -0.453 e. The Morgan fingerprint density at radius 3 is 2.81 bits per heavy atom. The number of nitrogens with one attached hydrogen (secondary N) is 1. The van der Waals surface area contributed by atoms with Crippen molar-refractivity contribution in [2.24, 2.45) is 0 Å². The number of piperidine rings is 1. The van der Waals surface area contributed by atoms with E-state index in [2.05, 4.69) is 10.2 Å². The molecule has 1 aliphatic rings. The zero-order valence-corrected chi connectivity index (χ0v) is 15.1. The van der Waals surface area contributed by atoms with Gasteiger partial charge in [-0.25, -0.2) is 4.79 Å². The van der Waals surface area contributed by atoms with E-state index in [0.717, 1.165) is 29.8 Å². The van der Waals surface area contributed by atoms with Gasteiger partial charge in [-0.2, -0.15) is 5.10 Å². The van der Waals surface area contributed by atoms with E-state index in [9.17, 15) is 9.59 Å². The molecule has 7 nitrogen and oxygen atoms in total. The summed E-state index contributed by atoms with van der Waals surface area (Å²) in [6.07, 6.45) is 2.05. The molecule has 1 atom stereocenters. The van der Waals surface area contributed by atoms with Gasteiger partial charge >= 0.3 is 6.09 Å². The van der Waals surface area contributed by atoms with Crippen LogP contribution in [0.25, 0.3) is 11.3 Å². The third-order valence-corrected chi connectivity index (χ3v) is 4.68. The molecule has 0 aliphatic carbocycles. The summed E-state index contributed by atoms with van der Waals surface area (Å²) in [7, 11) is 3.09. The molecule has 1 aliphatic heterocycles. The van der Waals surface area contributed by atoms with Crippen molar-refractivity contribution in [1.29, 1.82) is 0 Å². The fourth-order valence-electron chi connectivity index (χ4n) is 3.31. The summed E-state index contributed by atoms with van der Waals surface area (Å²) < 4.78 is 4.82. The quantitative estimate of drug-likeness (QED) is 0.913. The van der Waals surface area contributed by atoms with E-state index in [0.29, 0.717) is 19.5 Å². The number of aromatic amines is 1. The molecule has 2 aromatic rings. The first-order valence-electron chi connectivity index (χ1n) is 8.79. The zero-order chi connectivity index (χ0) is 18.5. The minimum atomic E-state index is -0.460.